The van der Waals surface area contributed by atoms with Gasteiger partial charge in [-0.05, 0) is 22.3 Å². The molecule has 3 aromatic rings. The highest BCUT2D eigenvalue weighted by Gasteiger charge is 2.43. The van der Waals surface area contributed by atoms with Crippen LogP contribution in [0.15, 0.2) is 79.2 Å². The van der Waals surface area contributed by atoms with E-state index in [4.69, 9.17) is 0 Å². The molecular weight excluding hydrogens is 488 g/mol. The third-order valence-electron chi connectivity index (χ3n) is 5.96. The van der Waals surface area contributed by atoms with Gasteiger partial charge < -0.3 is 0 Å². The molecule has 0 aliphatic heterocycles. The zero-order valence-electron chi connectivity index (χ0n) is 18.4. The molecule has 0 N–H and O–H groups in total. The van der Waals surface area contributed by atoms with Gasteiger partial charge in [0.25, 0.3) is 0 Å². The molecule has 1 aliphatic carbocycles. The Kier molecular flexibility index (Phi) is 6.71. The molecule has 0 saturated carbocycles. The molecular formula is C28H16F8. The summed E-state index contributed by atoms with van der Waals surface area (Å²) in [7, 11) is 0. The Morgan fingerprint density at radius 2 is 1.03 bits per heavy atom. The number of allylic oxidation sites excluding steroid dienone is 4. The normalized spacial score (nSPS) is 18.0. The topological polar surface area (TPSA) is 0 Å². The van der Waals surface area contributed by atoms with E-state index in [9.17, 15) is 26.3 Å². The largest absolute Gasteiger partial charge is 0.239 e. The van der Waals surface area contributed by atoms with Gasteiger partial charge in [-0.2, -0.15) is 0 Å². The van der Waals surface area contributed by atoms with E-state index in [2.05, 4.69) is 13.2 Å². The van der Waals surface area contributed by atoms with Gasteiger partial charge in [0.1, 0.15) is 11.7 Å². The Labute approximate surface area is 201 Å². The number of alkyl halides is 1. The van der Waals surface area contributed by atoms with Gasteiger partial charge in [0, 0.05) is 0 Å². The maximum Gasteiger partial charge on any atom is 0.170 e. The van der Waals surface area contributed by atoms with Crippen LogP contribution in [0.1, 0.15) is 28.2 Å². The van der Waals surface area contributed by atoms with E-state index in [1.54, 1.807) is 0 Å². The van der Waals surface area contributed by atoms with Crippen LogP contribution in [0.5, 0.6) is 0 Å². The highest BCUT2D eigenvalue weighted by molar-refractivity contribution is 5.84. The molecule has 0 fully saturated rings. The number of halogens is 8. The Balaban J connectivity index is 1.88. The van der Waals surface area contributed by atoms with Crippen LogP contribution in [-0.4, -0.2) is 6.17 Å². The van der Waals surface area contributed by atoms with Crippen LogP contribution >= 0.6 is 0 Å². The van der Waals surface area contributed by atoms with Gasteiger partial charge in [0.15, 0.2) is 35.3 Å². The smallest absolute Gasteiger partial charge is 0.170 e. The number of rotatable bonds is 5. The molecule has 0 amide bonds. The lowest BCUT2D eigenvalue weighted by atomic mass is 9.83. The lowest BCUT2D eigenvalue weighted by molar-refractivity contribution is 0.266. The van der Waals surface area contributed by atoms with Gasteiger partial charge in [-0.25, -0.2) is 35.1 Å². The van der Waals surface area contributed by atoms with Crippen LogP contribution in [0.3, 0.4) is 0 Å². The van der Waals surface area contributed by atoms with Crippen LogP contribution in [0.4, 0.5) is 35.1 Å². The molecule has 184 valence electrons. The SMILES string of the molecule is C=Cc1ccc(-c2c(F)c(F)c(C3=C(F)C(F)C(c4ccc(C=C)cc4)C(F)=C3F)c(F)c2F)cc1. The van der Waals surface area contributed by atoms with Crippen molar-refractivity contribution in [1.82, 2.24) is 0 Å². The van der Waals surface area contributed by atoms with Gasteiger partial charge in [-0.15, -0.1) is 0 Å². The van der Waals surface area contributed by atoms with Crippen molar-refractivity contribution in [3.63, 3.8) is 0 Å². The van der Waals surface area contributed by atoms with E-state index in [0.717, 1.165) is 12.1 Å². The van der Waals surface area contributed by atoms with Crippen molar-refractivity contribution in [2.24, 2.45) is 0 Å². The van der Waals surface area contributed by atoms with Crippen LogP contribution in [0.2, 0.25) is 0 Å². The van der Waals surface area contributed by atoms with Gasteiger partial charge in [-0.1, -0.05) is 73.8 Å². The standard InChI is InChI=1S/C28H16F8/c1-3-13-5-9-15(10-6-13)17-21(29)25(33)19(26(34)22(17)30)20-27(35)23(31)18(24(32)28(20)36)16-11-7-14(4-2)8-12-16/h3-12,17,21H,1-2H2. The summed E-state index contributed by atoms with van der Waals surface area (Å²) in [5.41, 5.74) is -4.26. The van der Waals surface area contributed by atoms with Crippen LogP contribution in [-0.2, 0) is 0 Å². The second kappa shape index (κ2) is 9.60. The summed E-state index contributed by atoms with van der Waals surface area (Å²) in [5.74, 6) is -16.6. The zero-order chi connectivity index (χ0) is 26.3. The third kappa shape index (κ3) is 3.96. The fourth-order valence-corrected chi connectivity index (χ4v) is 4.05. The molecule has 36 heavy (non-hydrogen) atoms. The first-order valence-corrected chi connectivity index (χ1v) is 10.5. The fourth-order valence-electron chi connectivity index (χ4n) is 4.05. The van der Waals surface area contributed by atoms with Gasteiger partial charge >= 0.3 is 0 Å². The quantitative estimate of drug-likeness (QED) is 0.240. The summed E-state index contributed by atoms with van der Waals surface area (Å²) in [4.78, 5) is 0. The second-order valence-electron chi connectivity index (χ2n) is 7.97. The average Bonchev–Trinajstić information content (AvgIpc) is 2.89. The molecule has 8 heteroatoms. The Hall–Kier alpha value is -3.94. The maximum atomic E-state index is 15.0. The van der Waals surface area contributed by atoms with Gasteiger partial charge in [0.2, 0.25) is 0 Å². The monoisotopic (exact) mass is 504 g/mol. The van der Waals surface area contributed by atoms with Crippen molar-refractivity contribution in [2.45, 2.75) is 12.1 Å². The highest BCUT2D eigenvalue weighted by Crippen LogP contribution is 2.49. The lowest BCUT2D eigenvalue weighted by Crippen LogP contribution is -2.23. The minimum absolute atomic E-state index is 0.174. The first-order chi connectivity index (χ1) is 17.1. The summed E-state index contributed by atoms with van der Waals surface area (Å²) >= 11 is 0. The minimum Gasteiger partial charge on any atom is -0.239 e. The molecule has 2 atom stereocenters. The predicted octanol–water partition coefficient (Wildman–Crippen LogP) is 9.16. The summed E-state index contributed by atoms with van der Waals surface area (Å²) in [6.45, 7) is 7.02. The Bertz CT molecular complexity index is 1400. The van der Waals surface area contributed by atoms with Crippen molar-refractivity contribution in [3.8, 4) is 11.1 Å². The summed E-state index contributed by atoms with van der Waals surface area (Å²) in [6.07, 6.45) is -0.0862. The Morgan fingerprint density at radius 3 is 1.50 bits per heavy atom. The van der Waals surface area contributed by atoms with Crippen molar-refractivity contribution in [1.29, 1.82) is 0 Å². The number of hydrogen-bond acceptors (Lipinski definition) is 0. The average molecular weight is 504 g/mol. The molecule has 0 heterocycles. The molecule has 4 rings (SSSR count). The molecule has 0 spiro atoms. The summed E-state index contributed by atoms with van der Waals surface area (Å²) < 4.78 is 120. The number of hydrogen-bond donors (Lipinski definition) is 0. The van der Waals surface area contributed by atoms with Crippen LogP contribution in [0.25, 0.3) is 28.9 Å². The fraction of sp³-hybridized carbons (Fsp3) is 0.0714. The van der Waals surface area contributed by atoms with E-state index >= 15 is 8.78 Å². The summed E-state index contributed by atoms with van der Waals surface area (Å²) in [6, 6.07) is 10.2. The van der Waals surface area contributed by atoms with E-state index in [1.807, 2.05) is 0 Å². The van der Waals surface area contributed by atoms with Crippen molar-refractivity contribution >= 4 is 17.7 Å². The van der Waals surface area contributed by atoms with Gasteiger partial charge in [0.05, 0.1) is 22.6 Å². The molecule has 2 unspecified atom stereocenters. The van der Waals surface area contributed by atoms with E-state index in [1.165, 1.54) is 48.6 Å². The lowest BCUT2D eigenvalue weighted by Gasteiger charge is -2.26. The molecule has 0 radical (unpaired) electrons. The molecule has 0 saturated heterocycles. The van der Waals surface area contributed by atoms with Crippen LogP contribution in [0, 0.1) is 23.3 Å². The molecule has 0 nitrogen and oxygen atoms in total. The first kappa shape index (κ1) is 25.2. The van der Waals surface area contributed by atoms with Gasteiger partial charge in [-0.3, -0.25) is 0 Å². The summed E-state index contributed by atoms with van der Waals surface area (Å²) in [5, 5.41) is 0. The second-order valence-corrected chi connectivity index (χ2v) is 7.97. The first-order valence-electron chi connectivity index (χ1n) is 10.5. The highest BCUT2D eigenvalue weighted by atomic mass is 19.2. The maximum absolute atomic E-state index is 15.0. The molecule has 0 aromatic heterocycles. The van der Waals surface area contributed by atoms with Crippen molar-refractivity contribution in [2.75, 3.05) is 0 Å². The Morgan fingerprint density at radius 1 is 0.583 bits per heavy atom. The molecule has 3 aromatic carbocycles. The zero-order valence-corrected chi connectivity index (χ0v) is 18.4. The van der Waals surface area contributed by atoms with Crippen molar-refractivity contribution in [3.05, 3.63) is 125 Å². The van der Waals surface area contributed by atoms with E-state index in [-0.39, 0.29) is 11.1 Å². The van der Waals surface area contributed by atoms with Crippen molar-refractivity contribution < 1.29 is 35.1 Å². The van der Waals surface area contributed by atoms with E-state index in [0.29, 0.717) is 11.1 Å². The minimum atomic E-state index is -2.93. The predicted molar refractivity (Wildman–Crippen MR) is 123 cm³/mol. The molecule has 0 bridgehead atoms. The van der Waals surface area contributed by atoms with Crippen LogP contribution < -0.4 is 0 Å². The number of benzene rings is 3. The molecule has 1 aliphatic rings. The van der Waals surface area contributed by atoms with E-state index < -0.39 is 69.5 Å². The third-order valence-corrected chi connectivity index (χ3v) is 5.96.